The first-order valence-electron chi connectivity index (χ1n) is 5.32. The van der Waals surface area contributed by atoms with Crippen molar-refractivity contribution in [1.82, 2.24) is 10.2 Å². The highest BCUT2D eigenvalue weighted by molar-refractivity contribution is 5.86. The standard InChI is InChI=1S/C11H22N2O/c1-10(2,3)13-8-6-7-11(13,4)9(14)12-5/h6-8H2,1-5H3,(H,12,14)/t11-/m1/s1. The Morgan fingerprint density at radius 3 is 2.43 bits per heavy atom. The second-order valence-electron chi connectivity index (χ2n) is 5.28. The maximum Gasteiger partial charge on any atom is 0.240 e. The molecule has 82 valence electrons. The molecule has 0 spiro atoms. The third-order valence-electron chi connectivity index (χ3n) is 3.17. The number of carbonyl (C=O) groups excluding carboxylic acids is 1. The minimum Gasteiger partial charge on any atom is -0.358 e. The first-order chi connectivity index (χ1) is 6.32. The lowest BCUT2D eigenvalue weighted by Crippen LogP contribution is -2.58. The normalized spacial score (nSPS) is 29.2. The summed E-state index contributed by atoms with van der Waals surface area (Å²) >= 11 is 0. The van der Waals surface area contributed by atoms with Crippen LogP contribution in [0.4, 0.5) is 0 Å². The van der Waals surface area contributed by atoms with Crippen LogP contribution in [0.2, 0.25) is 0 Å². The van der Waals surface area contributed by atoms with Gasteiger partial charge in [-0.15, -0.1) is 0 Å². The molecule has 1 fully saturated rings. The van der Waals surface area contributed by atoms with E-state index in [2.05, 4.69) is 31.0 Å². The molecule has 0 radical (unpaired) electrons. The van der Waals surface area contributed by atoms with Crippen LogP contribution in [-0.4, -0.2) is 35.5 Å². The highest BCUT2D eigenvalue weighted by atomic mass is 16.2. The molecule has 3 nitrogen and oxygen atoms in total. The summed E-state index contributed by atoms with van der Waals surface area (Å²) in [5, 5.41) is 2.77. The summed E-state index contributed by atoms with van der Waals surface area (Å²) in [6.45, 7) is 9.57. The van der Waals surface area contributed by atoms with Crippen molar-refractivity contribution in [3.63, 3.8) is 0 Å². The Morgan fingerprint density at radius 1 is 1.43 bits per heavy atom. The largest absolute Gasteiger partial charge is 0.358 e. The highest BCUT2D eigenvalue weighted by Gasteiger charge is 2.46. The van der Waals surface area contributed by atoms with E-state index >= 15 is 0 Å². The van der Waals surface area contributed by atoms with E-state index in [1.165, 1.54) is 0 Å². The molecule has 1 aliphatic rings. The van der Waals surface area contributed by atoms with Crippen molar-refractivity contribution in [1.29, 1.82) is 0 Å². The third-order valence-corrected chi connectivity index (χ3v) is 3.17. The smallest absolute Gasteiger partial charge is 0.240 e. The Labute approximate surface area is 86.9 Å². The van der Waals surface area contributed by atoms with Crippen LogP contribution >= 0.6 is 0 Å². The summed E-state index contributed by atoms with van der Waals surface area (Å²) in [7, 11) is 1.72. The Bertz CT molecular complexity index is 232. The number of likely N-dealkylation sites (N-methyl/N-ethyl adjacent to an activating group) is 1. The van der Waals surface area contributed by atoms with Crippen molar-refractivity contribution < 1.29 is 4.79 Å². The zero-order valence-electron chi connectivity index (χ0n) is 9.98. The molecule has 0 aromatic heterocycles. The first-order valence-corrected chi connectivity index (χ1v) is 5.32. The van der Waals surface area contributed by atoms with Gasteiger partial charge >= 0.3 is 0 Å². The predicted molar refractivity (Wildman–Crippen MR) is 58.2 cm³/mol. The van der Waals surface area contributed by atoms with Gasteiger partial charge < -0.3 is 5.32 Å². The van der Waals surface area contributed by atoms with Crippen molar-refractivity contribution in [2.45, 2.75) is 51.6 Å². The van der Waals surface area contributed by atoms with E-state index in [1.54, 1.807) is 7.05 Å². The maximum atomic E-state index is 11.8. The molecule has 1 aliphatic heterocycles. The summed E-state index contributed by atoms with van der Waals surface area (Å²) in [6.07, 6.45) is 2.07. The maximum absolute atomic E-state index is 11.8. The number of nitrogens with one attached hydrogen (secondary N) is 1. The van der Waals surface area contributed by atoms with E-state index in [1.807, 2.05) is 6.92 Å². The topological polar surface area (TPSA) is 32.3 Å². The van der Waals surface area contributed by atoms with Crippen molar-refractivity contribution >= 4 is 5.91 Å². The van der Waals surface area contributed by atoms with E-state index in [0.29, 0.717) is 0 Å². The van der Waals surface area contributed by atoms with Gasteiger partial charge in [-0.2, -0.15) is 0 Å². The monoisotopic (exact) mass is 198 g/mol. The molecule has 1 saturated heterocycles. The Balaban J connectivity index is 2.92. The molecule has 1 heterocycles. The van der Waals surface area contributed by atoms with Crippen LogP contribution in [0.15, 0.2) is 0 Å². The van der Waals surface area contributed by atoms with Crippen molar-refractivity contribution in [3.8, 4) is 0 Å². The number of rotatable bonds is 1. The van der Waals surface area contributed by atoms with Crippen molar-refractivity contribution in [3.05, 3.63) is 0 Å². The lowest BCUT2D eigenvalue weighted by atomic mass is 9.93. The number of carbonyl (C=O) groups is 1. The van der Waals surface area contributed by atoms with Crippen LogP contribution in [0.1, 0.15) is 40.5 Å². The van der Waals surface area contributed by atoms with Gasteiger partial charge in [0.25, 0.3) is 0 Å². The van der Waals surface area contributed by atoms with E-state index in [9.17, 15) is 4.79 Å². The Kier molecular flexibility index (Phi) is 2.91. The summed E-state index contributed by atoms with van der Waals surface area (Å²) in [5.74, 6) is 0.143. The van der Waals surface area contributed by atoms with Crippen molar-refractivity contribution in [2.24, 2.45) is 0 Å². The molecule has 1 amide bonds. The molecule has 0 unspecified atom stereocenters. The molecule has 14 heavy (non-hydrogen) atoms. The summed E-state index contributed by atoms with van der Waals surface area (Å²) < 4.78 is 0. The molecule has 3 heteroatoms. The minimum atomic E-state index is -0.312. The third kappa shape index (κ3) is 1.78. The number of hydrogen-bond donors (Lipinski definition) is 1. The molecule has 0 bridgehead atoms. The van der Waals surface area contributed by atoms with Gasteiger partial charge in [-0.25, -0.2) is 0 Å². The lowest BCUT2D eigenvalue weighted by Gasteiger charge is -2.42. The fourth-order valence-electron chi connectivity index (χ4n) is 2.54. The van der Waals surface area contributed by atoms with E-state index < -0.39 is 0 Å². The molecular weight excluding hydrogens is 176 g/mol. The van der Waals surface area contributed by atoms with Gasteiger partial charge in [0.05, 0.1) is 5.54 Å². The van der Waals surface area contributed by atoms with Crippen LogP contribution in [0.25, 0.3) is 0 Å². The van der Waals surface area contributed by atoms with Crippen LogP contribution in [0, 0.1) is 0 Å². The van der Waals surface area contributed by atoms with Gasteiger partial charge in [0.15, 0.2) is 0 Å². The van der Waals surface area contributed by atoms with E-state index in [-0.39, 0.29) is 17.0 Å². The second-order valence-corrected chi connectivity index (χ2v) is 5.28. The first kappa shape index (κ1) is 11.5. The van der Waals surface area contributed by atoms with E-state index in [0.717, 1.165) is 19.4 Å². The van der Waals surface area contributed by atoms with Gasteiger partial charge in [0, 0.05) is 12.6 Å². The van der Waals surface area contributed by atoms with Gasteiger partial charge in [0.2, 0.25) is 5.91 Å². The minimum absolute atomic E-state index is 0.0672. The van der Waals surface area contributed by atoms with Gasteiger partial charge in [-0.1, -0.05) is 0 Å². The SMILES string of the molecule is CNC(=O)[C@@]1(C)CCCN1C(C)(C)C. The number of amides is 1. The average molecular weight is 198 g/mol. The quantitative estimate of drug-likeness (QED) is 0.690. The fourth-order valence-corrected chi connectivity index (χ4v) is 2.54. The van der Waals surface area contributed by atoms with Crippen LogP contribution in [-0.2, 0) is 4.79 Å². The molecule has 0 aliphatic carbocycles. The summed E-state index contributed by atoms with van der Waals surface area (Å²) in [4.78, 5) is 14.1. The Morgan fingerprint density at radius 2 is 2.00 bits per heavy atom. The zero-order valence-corrected chi connectivity index (χ0v) is 9.98. The predicted octanol–water partition coefficient (Wildman–Crippen LogP) is 1.39. The second kappa shape index (κ2) is 3.54. The molecular formula is C11H22N2O. The van der Waals surface area contributed by atoms with Crippen LogP contribution < -0.4 is 5.32 Å². The molecule has 1 N–H and O–H groups in total. The van der Waals surface area contributed by atoms with Crippen LogP contribution in [0.3, 0.4) is 0 Å². The van der Waals surface area contributed by atoms with Crippen molar-refractivity contribution in [2.75, 3.05) is 13.6 Å². The number of likely N-dealkylation sites (tertiary alicyclic amines) is 1. The van der Waals surface area contributed by atoms with Gasteiger partial charge in [-0.3, -0.25) is 9.69 Å². The highest BCUT2D eigenvalue weighted by Crippen LogP contribution is 2.35. The number of nitrogens with zero attached hydrogens (tertiary/aromatic N) is 1. The van der Waals surface area contributed by atoms with Gasteiger partial charge in [0.1, 0.15) is 0 Å². The Hall–Kier alpha value is -0.570. The molecule has 1 rings (SSSR count). The van der Waals surface area contributed by atoms with Crippen LogP contribution in [0.5, 0.6) is 0 Å². The molecule has 0 aromatic rings. The average Bonchev–Trinajstić information content (AvgIpc) is 2.46. The molecule has 1 atom stereocenters. The summed E-state index contributed by atoms with van der Waals surface area (Å²) in [6, 6.07) is 0. The number of hydrogen-bond acceptors (Lipinski definition) is 2. The summed E-state index contributed by atoms with van der Waals surface area (Å²) in [5.41, 5.74) is -0.245. The lowest BCUT2D eigenvalue weighted by molar-refractivity contribution is -0.133. The zero-order chi connectivity index (χ0) is 11.0. The fraction of sp³-hybridized carbons (Fsp3) is 0.909. The molecule has 0 saturated carbocycles. The van der Waals surface area contributed by atoms with E-state index in [4.69, 9.17) is 0 Å². The molecule has 0 aromatic carbocycles. The van der Waals surface area contributed by atoms with Gasteiger partial charge in [-0.05, 0) is 47.1 Å².